The first-order chi connectivity index (χ1) is 7.72. The molecule has 4 nitrogen and oxygen atoms in total. The highest BCUT2D eigenvalue weighted by molar-refractivity contribution is 5.94. The summed E-state index contributed by atoms with van der Waals surface area (Å²) in [7, 11) is 0. The third-order valence-corrected chi connectivity index (χ3v) is 2.82. The highest BCUT2D eigenvalue weighted by Gasteiger charge is 2.28. The third kappa shape index (κ3) is 2.04. The first kappa shape index (κ1) is 11.0. The maximum absolute atomic E-state index is 12.6. The van der Waals surface area contributed by atoms with Crippen molar-refractivity contribution in [2.45, 2.75) is 18.9 Å². The quantitative estimate of drug-likeness (QED) is 0.756. The molecule has 2 rings (SSSR count). The van der Waals surface area contributed by atoms with Crippen LogP contribution in [0.2, 0.25) is 0 Å². The summed E-state index contributed by atoms with van der Waals surface area (Å²) in [6, 6.07) is 2.46. The number of aromatic nitrogens is 1. The highest BCUT2D eigenvalue weighted by atomic mass is 19.1. The van der Waals surface area contributed by atoms with E-state index in [2.05, 4.69) is 4.98 Å². The molecule has 1 aliphatic heterocycles. The molecule has 0 aliphatic carbocycles. The normalized spacial score (nSPS) is 20.1. The Morgan fingerprint density at radius 1 is 1.62 bits per heavy atom. The van der Waals surface area contributed by atoms with Crippen molar-refractivity contribution in [3.8, 4) is 0 Å². The lowest BCUT2D eigenvalue weighted by Gasteiger charge is -2.22. The molecule has 0 bridgehead atoms. The Hall–Kier alpha value is -1.49. The Morgan fingerprint density at radius 2 is 2.44 bits per heavy atom. The average molecular weight is 224 g/mol. The predicted octanol–water partition coefficient (Wildman–Crippen LogP) is 0.818. The van der Waals surface area contributed by atoms with Crippen LogP contribution in [0.25, 0.3) is 0 Å². The van der Waals surface area contributed by atoms with Gasteiger partial charge in [0.2, 0.25) is 5.95 Å². The van der Waals surface area contributed by atoms with Gasteiger partial charge in [0.25, 0.3) is 5.91 Å². The number of aliphatic hydroxyl groups excluding tert-OH is 1. The number of hydrogen-bond donors (Lipinski definition) is 1. The van der Waals surface area contributed by atoms with E-state index in [1.807, 2.05) is 0 Å². The van der Waals surface area contributed by atoms with Gasteiger partial charge in [0.15, 0.2) is 0 Å². The Kier molecular flexibility index (Phi) is 3.14. The zero-order chi connectivity index (χ0) is 11.5. The number of amides is 1. The van der Waals surface area contributed by atoms with Crippen LogP contribution in [0.1, 0.15) is 23.2 Å². The third-order valence-electron chi connectivity index (χ3n) is 2.82. The van der Waals surface area contributed by atoms with Crippen molar-refractivity contribution >= 4 is 5.91 Å². The Balaban J connectivity index is 2.15. The van der Waals surface area contributed by atoms with Gasteiger partial charge in [0, 0.05) is 12.7 Å². The standard InChI is InChI=1S/C11H13FN2O2/c12-10-4-3-8(6-13-10)11(16)14-5-1-2-9(14)7-15/h3-4,6,9,15H,1-2,5,7H2/t9-/m1/s1. The van der Waals surface area contributed by atoms with E-state index in [9.17, 15) is 9.18 Å². The molecule has 1 saturated heterocycles. The molecule has 1 aliphatic rings. The van der Waals surface area contributed by atoms with E-state index in [-0.39, 0.29) is 18.6 Å². The second-order valence-corrected chi connectivity index (χ2v) is 3.85. The topological polar surface area (TPSA) is 53.4 Å². The molecule has 0 radical (unpaired) electrons. The number of nitrogens with zero attached hydrogens (tertiary/aromatic N) is 2. The van der Waals surface area contributed by atoms with Crippen molar-refractivity contribution in [2.24, 2.45) is 0 Å². The van der Waals surface area contributed by atoms with Gasteiger partial charge in [-0.2, -0.15) is 4.39 Å². The molecule has 1 aromatic heterocycles. The van der Waals surface area contributed by atoms with Gasteiger partial charge in [-0.15, -0.1) is 0 Å². The molecule has 0 aromatic carbocycles. The van der Waals surface area contributed by atoms with Crippen LogP contribution >= 0.6 is 0 Å². The molecule has 0 spiro atoms. The van der Waals surface area contributed by atoms with Crippen molar-refractivity contribution < 1.29 is 14.3 Å². The monoisotopic (exact) mass is 224 g/mol. The van der Waals surface area contributed by atoms with Crippen LogP contribution in [0, 0.1) is 5.95 Å². The summed E-state index contributed by atoms with van der Waals surface area (Å²) in [5, 5.41) is 9.11. The molecule has 1 amide bonds. The number of rotatable bonds is 2. The SMILES string of the molecule is O=C(c1ccc(F)nc1)N1CCC[C@@H]1CO. The largest absolute Gasteiger partial charge is 0.394 e. The minimum absolute atomic E-state index is 0.0274. The predicted molar refractivity (Wildman–Crippen MR) is 55.3 cm³/mol. The lowest BCUT2D eigenvalue weighted by molar-refractivity contribution is 0.0677. The minimum atomic E-state index is -0.600. The van der Waals surface area contributed by atoms with Crippen LogP contribution in [-0.4, -0.2) is 40.1 Å². The van der Waals surface area contributed by atoms with E-state index < -0.39 is 5.95 Å². The van der Waals surface area contributed by atoms with Gasteiger partial charge in [-0.3, -0.25) is 4.79 Å². The van der Waals surface area contributed by atoms with Gasteiger partial charge in [0.1, 0.15) is 0 Å². The second kappa shape index (κ2) is 4.57. The first-order valence-electron chi connectivity index (χ1n) is 5.26. The molecule has 1 fully saturated rings. The van der Waals surface area contributed by atoms with E-state index >= 15 is 0 Å². The Labute approximate surface area is 92.7 Å². The molecule has 86 valence electrons. The summed E-state index contributed by atoms with van der Waals surface area (Å²) in [6.45, 7) is 0.613. The van der Waals surface area contributed by atoms with Crippen molar-refractivity contribution in [2.75, 3.05) is 13.2 Å². The van der Waals surface area contributed by atoms with Crippen molar-refractivity contribution in [1.29, 1.82) is 0 Å². The van der Waals surface area contributed by atoms with Crippen LogP contribution in [0.15, 0.2) is 18.3 Å². The van der Waals surface area contributed by atoms with E-state index in [4.69, 9.17) is 5.11 Å². The van der Waals surface area contributed by atoms with Gasteiger partial charge in [-0.25, -0.2) is 4.98 Å². The van der Waals surface area contributed by atoms with Gasteiger partial charge in [-0.05, 0) is 25.0 Å². The molecule has 0 unspecified atom stereocenters. The molecule has 2 heterocycles. The number of carbonyl (C=O) groups excluding carboxylic acids is 1. The lowest BCUT2D eigenvalue weighted by atomic mass is 10.2. The van der Waals surface area contributed by atoms with E-state index in [1.54, 1.807) is 4.90 Å². The van der Waals surface area contributed by atoms with Crippen LogP contribution in [-0.2, 0) is 0 Å². The van der Waals surface area contributed by atoms with E-state index in [0.717, 1.165) is 18.9 Å². The zero-order valence-corrected chi connectivity index (χ0v) is 8.77. The molecule has 5 heteroatoms. The van der Waals surface area contributed by atoms with Crippen LogP contribution in [0.3, 0.4) is 0 Å². The summed E-state index contributed by atoms with van der Waals surface area (Å²) in [4.78, 5) is 17.0. The number of likely N-dealkylation sites (tertiary alicyclic amines) is 1. The van der Waals surface area contributed by atoms with E-state index in [1.165, 1.54) is 12.3 Å². The van der Waals surface area contributed by atoms with Gasteiger partial charge in [0.05, 0.1) is 18.2 Å². The second-order valence-electron chi connectivity index (χ2n) is 3.85. The molecule has 1 N–H and O–H groups in total. The van der Waals surface area contributed by atoms with Gasteiger partial charge in [-0.1, -0.05) is 0 Å². The summed E-state index contributed by atoms with van der Waals surface area (Å²) >= 11 is 0. The zero-order valence-electron chi connectivity index (χ0n) is 8.77. The molecule has 0 saturated carbocycles. The van der Waals surface area contributed by atoms with Gasteiger partial charge < -0.3 is 10.0 Å². The number of aliphatic hydroxyl groups is 1. The van der Waals surface area contributed by atoms with Crippen LogP contribution in [0.4, 0.5) is 4.39 Å². The fourth-order valence-corrected chi connectivity index (χ4v) is 1.96. The number of carbonyl (C=O) groups is 1. The summed E-state index contributed by atoms with van der Waals surface area (Å²) < 4.78 is 12.6. The number of pyridine rings is 1. The summed E-state index contributed by atoms with van der Waals surface area (Å²) in [5.74, 6) is -0.791. The number of hydrogen-bond acceptors (Lipinski definition) is 3. The molecule has 1 atom stereocenters. The molecule has 16 heavy (non-hydrogen) atoms. The Bertz CT molecular complexity index is 380. The highest BCUT2D eigenvalue weighted by Crippen LogP contribution is 2.19. The molecular formula is C11H13FN2O2. The minimum Gasteiger partial charge on any atom is -0.394 e. The van der Waals surface area contributed by atoms with Gasteiger partial charge >= 0.3 is 0 Å². The smallest absolute Gasteiger partial charge is 0.255 e. The molecular weight excluding hydrogens is 211 g/mol. The summed E-state index contributed by atoms with van der Waals surface area (Å²) in [5.41, 5.74) is 0.363. The van der Waals surface area contributed by atoms with Crippen LogP contribution < -0.4 is 0 Å². The number of halogens is 1. The maximum Gasteiger partial charge on any atom is 0.255 e. The van der Waals surface area contributed by atoms with Crippen LogP contribution in [0.5, 0.6) is 0 Å². The fourth-order valence-electron chi connectivity index (χ4n) is 1.96. The van der Waals surface area contributed by atoms with E-state index in [0.29, 0.717) is 12.1 Å². The fraction of sp³-hybridized carbons (Fsp3) is 0.455. The molecule has 1 aromatic rings. The van der Waals surface area contributed by atoms with Crippen molar-refractivity contribution in [3.05, 3.63) is 29.8 Å². The van der Waals surface area contributed by atoms with Crippen molar-refractivity contribution in [3.63, 3.8) is 0 Å². The van der Waals surface area contributed by atoms with Crippen molar-refractivity contribution in [1.82, 2.24) is 9.88 Å². The summed E-state index contributed by atoms with van der Waals surface area (Å²) in [6.07, 6.45) is 2.94. The first-order valence-corrected chi connectivity index (χ1v) is 5.26. The average Bonchev–Trinajstić information content (AvgIpc) is 2.77. The lowest BCUT2D eigenvalue weighted by Crippen LogP contribution is -2.37. The maximum atomic E-state index is 12.6. The Morgan fingerprint density at radius 3 is 3.06 bits per heavy atom.